The van der Waals surface area contributed by atoms with Crippen molar-refractivity contribution in [1.29, 1.82) is 0 Å². The van der Waals surface area contributed by atoms with Gasteiger partial charge in [0.25, 0.3) is 0 Å². The van der Waals surface area contributed by atoms with Crippen molar-refractivity contribution in [2.24, 2.45) is 0 Å². The van der Waals surface area contributed by atoms with E-state index in [1.165, 1.54) is 11.1 Å². The summed E-state index contributed by atoms with van der Waals surface area (Å²) in [5.74, 6) is 2.06. The van der Waals surface area contributed by atoms with E-state index in [0.29, 0.717) is 17.6 Å². The van der Waals surface area contributed by atoms with Crippen molar-refractivity contribution in [3.63, 3.8) is 0 Å². The zero-order valence-corrected chi connectivity index (χ0v) is 20.2. The monoisotopic (exact) mass is 484 g/mol. The molecular formula is C25H29ClN4O2S. The van der Waals surface area contributed by atoms with Crippen LogP contribution in [0.3, 0.4) is 0 Å². The number of aryl methyl sites for hydroxylation is 1. The second-order valence-corrected chi connectivity index (χ2v) is 11.8. The maximum absolute atomic E-state index is 12.9. The second kappa shape index (κ2) is 8.36. The van der Waals surface area contributed by atoms with E-state index in [0.717, 1.165) is 72.9 Å². The predicted octanol–water partition coefficient (Wildman–Crippen LogP) is 4.34. The van der Waals surface area contributed by atoms with E-state index >= 15 is 0 Å². The molecule has 0 spiro atoms. The van der Waals surface area contributed by atoms with Crippen LogP contribution < -0.4 is 10.2 Å². The Labute approximate surface area is 201 Å². The highest BCUT2D eigenvalue weighted by molar-refractivity contribution is 7.85. The number of hydrogen-bond donors (Lipinski definition) is 2. The van der Waals surface area contributed by atoms with Gasteiger partial charge in [-0.25, -0.2) is 4.98 Å². The van der Waals surface area contributed by atoms with Gasteiger partial charge in [0.05, 0.1) is 34.7 Å². The molecule has 174 valence electrons. The van der Waals surface area contributed by atoms with Crippen LogP contribution in [0.15, 0.2) is 35.2 Å². The van der Waals surface area contributed by atoms with Crippen molar-refractivity contribution in [2.75, 3.05) is 22.6 Å². The molecular weight excluding hydrogens is 456 g/mol. The Balaban J connectivity index is 1.37. The van der Waals surface area contributed by atoms with Gasteiger partial charge in [-0.05, 0) is 74.6 Å². The zero-order chi connectivity index (χ0) is 22.6. The average Bonchev–Trinajstić information content (AvgIpc) is 3.06. The molecule has 4 aliphatic rings. The SMILES string of the molecule is O=[S@@]1CCCc2nc(N3C4C=C(c5ccc(Cl)cc5)CC3CC4)nc(NC3(CO)CCC3)c21. The largest absolute Gasteiger partial charge is 0.394 e. The summed E-state index contributed by atoms with van der Waals surface area (Å²) in [6.45, 7) is 0.0654. The van der Waals surface area contributed by atoms with E-state index in [-0.39, 0.29) is 18.2 Å². The number of nitrogens with one attached hydrogen (secondary N) is 1. The molecule has 1 saturated carbocycles. The van der Waals surface area contributed by atoms with Crippen LogP contribution in [-0.2, 0) is 17.2 Å². The Morgan fingerprint density at radius 3 is 2.70 bits per heavy atom. The highest BCUT2D eigenvalue weighted by Gasteiger charge is 2.41. The van der Waals surface area contributed by atoms with Gasteiger partial charge in [-0.1, -0.05) is 29.8 Å². The van der Waals surface area contributed by atoms with Gasteiger partial charge in [0.15, 0.2) is 0 Å². The summed E-state index contributed by atoms with van der Waals surface area (Å²) in [7, 11) is -1.10. The molecule has 1 saturated heterocycles. The van der Waals surface area contributed by atoms with Crippen molar-refractivity contribution < 1.29 is 9.32 Å². The zero-order valence-electron chi connectivity index (χ0n) is 18.6. The molecule has 1 aliphatic carbocycles. The third-order valence-electron chi connectivity index (χ3n) is 7.73. The molecule has 2 fully saturated rings. The van der Waals surface area contributed by atoms with Crippen molar-refractivity contribution in [3.8, 4) is 0 Å². The van der Waals surface area contributed by atoms with Crippen LogP contribution in [0, 0.1) is 0 Å². The van der Waals surface area contributed by atoms with Gasteiger partial charge in [-0.15, -0.1) is 0 Å². The van der Waals surface area contributed by atoms with Gasteiger partial charge in [0, 0.05) is 16.8 Å². The number of aromatic nitrogens is 2. The highest BCUT2D eigenvalue weighted by Crippen LogP contribution is 2.43. The van der Waals surface area contributed by atoms with E-state index < -0.39 is 10.8 Å². The number of aliphatic hydroxyl groups is 1. The number of aliphatic hydroxyl groups excluding tert-OH is 1. The summed E-state index contributed by atoms with van der Waals surface area (Å²) in [5, 5.41) is 14.3. The Morgan fingerprint density at radius 2 is 2.00 bits per heavy atom. The summed E-state index contributed by atoms with van der Waals surface area (Å²) >= 11 is 6.09. The van der Waals surface area contributed by atoms with Gasteiger partial charge >= 0.3 is 0 Å². The lowest BCUT2D eigenvalue weighted by Crippen LogP contribution is -2.49. The van der Waals surface area contributed by atoms with Crippen molar-refractivity contribution >= 4 is 39.7 Å². The number of halogens is 1. The highest BCUT2D eigenvalue weighted by atomic mass is 35.5. The number of benzene rings is 1. The van der Waals surface area contributed by atoms with Gasteiger partial charge < -0.3 is 15.3 Å². The lowest BCUT2D eigenvalue weighted by molar-refractivity contribution is 0.143. The minimum absolute atomic E-state index is 0.0654. The summed E-state index contributed by atoms with van der Waals surface area (Å²) in [5.41, 5.74) is 3.16. The Kier molecular flexibility index (Phi) is 5.46. The molecule has 6 nitrogen and oxygen atoms in total. The Hall–Kier alpha value is -1.96. The first kappa shape index (κ1) is 21.6. The molecule has 2 N–H and O–H groups in total. The quantitative estimate of drug-likeness (QED) is 0.657. The topological polar surface area (TPSA) is 78.4 Å². The standard InChI is InChI=1S/C25H29ClN4O2S/c26-18-6-4-16(5-7-18)17-13-19-8-9-20(14-17)30(19)24-27-21-3-1-12-33(32)22(21)23(28-24)29-25(15-31)10-2-11-25/h4-7,13,19-20,31H,1-3,8-12,14-15H2,(H,27,28,29)/t19?,20?,33-/m1/s1. The molecule has 1 aromatic carbocycles. The van der Waals surface area contributed by atoms with E-state index in [2.05, 4.69) is 28.4 Å². The Bertz CT molecular complexity index is 1130. The molecule has 0 radical (unpaired) electrons. The van der Waals surface area contributed by atoms with Crippen molar-refractivity contribution in [2.45, 2.75) is 73.9 Å². The molecule has 6 rings (SSSR count). The Morgan fingerprint density at radius 1 is 1.18 bits per heavy atom. The van der Waals surface area contributed by atoms with Crippen LogP contribution in [0.2, 0.25) is 5.02 Å². The van der Waals surface area contributed by atoms with Crippen molar-refractivity contribution in [1.82, 2.24) is 9.97 Å². The molecule has 1 aromatic heterocycles. The third kappa shape index (κ3) is 3.78. The van der Waals surface area contributed by atoms with Crippen LogP contribution in [0.4, 0.5) is 11.8 Å². The van der Waals surface area contributed by atoms with Crippen LogP contribution >= 0.6 is 11.6 Å². The number of anilines is 2. The minimum atomic E-state index is -1.10. The normalized spacial score (nSPS) is 27.5. The van der Waals surface area contributed by atoms with Gasteiger partial charge in [0.1, 0.15) is 10.7 Å². The summed E-state index contributed by atoms with van der Waals surface area (Å²) in [4.78, 5) is 13.1. The number of hydrogen-bond acceptors (Lipinski definition) is 6. The minimum Gasteiger partial charge on any atom is -0.394 e. The summed E-state index contributed by atoms with van der Waals surface area (Å²) in [6.07, 6.45) is 10.1. The average molecular weight is 485 g/mol. The molecule has 4 heterocycles. The molecule has 2 aromatic rings. The van der Waals surface area contributed by atoms with E-state index in [9.17, 15) is 9.32 Å². The molecule has 8 heteroatoms. The molecule has 3 atom stereocenters. The first-order valence-corrected chi connectivity index (χ1v) is 13.7. The van der Waals surface area contributed by atoms with Crippen LogP contribution in [0.25, 0.3) is 5.57 Å². The number of fused-ring (bicyclic) bond motifs is 3. The molecule has 3 aliphatic heterocycles. The van der Waals surface area contributed by atoms with E-state index in [1.807, 2.05) is 12.1 Å². The van der Waals surface area contributed by atoms with Crippen LogP contribution in [0.5, 0.6) is 0 Å². The fourth-order valence-electron chi connectivity index (χ4n) is 5.76. The van der Waals surface area contributed by atoms with Crippen LogP contribution in [0.1, 0.15) is 56.2 Å². The summed E-state index contributed by atoms with van der Waals surface area (Å²) in [6, 6.07) is 8.71. The molecule has 0 amide bonds. The third-order valence-corrected chi connectivity index (χ3v) is 9.53. The fraction of sp³-hybridized carbons (Fsp3) is 0.520. The molecule has 33 heavy (non-hydrogen) atoms. The number of rotatable bonds is 5. The van der Waals surface area contributed by atoms with Gasteiger partial charge in [-0.2, -0.15) is 4.98 Å². The molecule has 2 bridgehead atoms. The van der Waals surface area contributed by atoms with E-state index in [1.54, 1.807) is 0 Å². The first-order valence-electron chi connectivity index (χ1n) is 12.0. The van der Waals surface area contributed by atoms with E-state index in [4.69, 9.17) is 21.6 Å². The predicted molar refractivity (Wildman–Crippen MR) is 132 cm³/mol. The van der Waals surface area contributed by atoms with Gasteiger partial charge in [-0.3, -0.25) is 4.21 Å². The lowest BCUT2D eigenvalue weighted by atomic mass is 9.77. The summed E-state index contributed by atoms with van der Waals surface area (Å²) < 4.78 is 12.9. The van der Waals surface area contributed by atoms with Crippen molar-refractivity contribution in [3.05, 3.63) is 46.6 Å². The molecule has 2 unspecified atom stereocenters. The maximum Gasteiger partial charge on any atom is 0.228 e. The second-order valence-electron chi connectivity index (χ2n) is 9.83. The smallest absolute Gasteiger partial charge is 0.228 e. The van der Waals surface area contributed by atoms with Gasteiger partial charge in [0.2, 0.25) is 5.95 Å². The maximum atomic E-state index is 12.9. The lowest BCUT2D eigenvalue weighted by Gasteiger charge is -2.42. The fourth-order valence-corrected chi connectivity index (χ4v) is 7.22. The first-order chi connectivity index (χ1) is 16.0. The number of nitrogens with zero attached hydrogens (tertiary/aromatic N) is 3. The van der Waals surface area contributed by atoms with Crippen LogP contribution in [-0.4, -0.2) is 49.3 Å².